The maximum Gasteiger partial charge on any atom is 0.358 e. The van der Waals surface area contributed by atoms with E-state index in [2.05, 4.69) is 54.3 Å². The molecule has 0 amide bonds. The molecule has 0 saturated heterocycles. The van der Waals surface area contributed by atoms with Crippen LogP contribution in [0.15, 0.2) is 59.9 Å². The second-order valence-electron chi connectivity index (χ2n) is 10.8. The van der Waals surface area contributed by atoms with Gasteiger partial charge in [0.1, 0.15) is 14.4 Å². The van der Waals surface area contributed by atoms with Gasteiger partial charge >= 0.3 is 5.97 Å². The minimum atomic E-state index is -1.51. The van der Waals surface area contributed by atoms with Crippen LogP contribution in [0.5, 0.6) is 0 Å². The molecule has 2 aromatic carbocycles. The molecular formula is C28H31N3O2Si. The normalized spacial score (nSPS) is 13.1. The number of rotatable bonds is 3. The Morgan fingerprint density at radius 2 is 1.85 bits per heavy atom. The lowest BCUT2D eigenvalue weighted by Crippen LogP contribution is -2.19. The summed E-state index contributed by atoms with van der Waals surface area (Å²) in [5.41, 5.74) is 9.13. The molecule has 0 spiro atoms. The minimum Gasteiger partial charge on any atom is -0.460 e. The predicted molar refractivity (Wildman–Crippen MR) is 139 cm³/mol. The second-order valence-corrected chi connectivity index (χ2v) is 15.6. The first-order valence-corrected chi connectivity index (χ1v) is 15.0. The van der Waals surface area contributed by atoms with Crippen molar-refractivity contribution in [2.75, 3.05) is 6.61 Å². The third-order valence-corrected chi connectivity index (χ3v) is 6.10. The fourth-order valence-electron chi connectivity index (χ4n) is 3.61. The van der Waals surface area contributed by atoms with E-state index in [1.807, 2.05) is 55.7 Å². The van der Waals surface area contributed by atoms with Crippen molar-refractivity contribution in [3.8, 4) is 17.2 Å². The van der Waals surface area contributed by atoms with E-state index in [1.54, 1.807) is 6.33 Å². The second kappa shape index (κ2) is 9.07. The average molecular weight is 470 g/mol. The Labute approximate surface area is 202 Å². The van der Waals surface area contributed by atoms with Crippen molar-refractivity contribution in [1.29, 1.82) is 0 Å². The van der Waals surface area contributed by atoms with Gasteiger partial charge in [0.25, 0.3) is 0 Å². The smallest absolute Gasteiger partial charge is 0.358 e. The molecule has 0 radical (unpaired) electrons. The summed E-state index contributed by atoms with van der Waals surface area (Å²) in [6.45, 7) is 13.5. The SMILES string of the molecule is CC(C)(C)COC(=O)c1ncn2c1CN=C(c1ccccc1)c1cc(C#C[Si](C)(C)C)ccc1-2. The van der Waals surface area contributed by atoms with Gasteiger partial charge in [-0.15, -0.1) is 5.54 Å². The van der Waals surface area contributed by atoms with Gasteiger partial charge in [-0.1, -0.05) is 76.7 Å². The first-order valence-electron chi connectivity index (χ1n) is 11.5. The lowest BCUT2D eigenvalue weighted by atomic mass is 9.98. The summed E-state index contributed by atoms with van der Waals surface area (Å²) in [7, 11) is -1.51. The molecular weight excluding hydrogens is 438 g/mol. The van der Waals surface area contributed by atoms with E-state index in [0.717, 1.165) is 33.8 Å². The maximum atomic E-state index is 12.9. The molecule has 0 saturated carbocycles. The number of aliphatic imine (C=N–C) groups is 1. The van der Waals surface area contributed by atoms with Crippen molar-refractivity contribution in [3.05, 3.63) is 82.9 Å². The Morgan fingerprint density at radius 3 is 2.53 bits per heavy atom. The molecule has 4 rings (SSSR count). The van der Waals surface area contributed by atoms with Crippen LogP contribution in [0.3, 0.4) is 0 Å². The highest BCUT2D eigenvalue weighted by Gasteiger charge is 2.26. The quantitative estimate of drug-likeness (QED) is 0.283. The number of imidazole rings is 1. The molecule has 2 heterocycles. The maximum absolute atomic E-state index is 12.9. The zero-order chi connectivity index (χ0) is 24.5. The summed E-state index contributed by atoms with van der Waals surface area (Å²) in [5, 5.41) is 0. The van der Waals surface area contributed by atoms with Crippen molar-refractivity contribution in [1.82, 2.24) is 9.55 Å². The van der Waals surface area contributed by atoms with E-state index in [1.165, 1.54) is 0 Å². The van der Waals surface area contributed by atoms with Crippen LogP contribution < -0.4 is 0 Å². The number of hydrogen-bond acceptors (Lipinski definition) is 4. The number of carbonyl (C=O) groups is 1. The lowest BCUT2D eigenvalue weighted by Gasteiger charge is -2.17. The fourth-order valence-corrected chi connectivity index (χ4v) is 4.13. The monoisotopic (exact) mass is 469 g/mol. The molecule has 0 atom stereocenters. The summed E-state index contributed by atoms with van der Waals surface area (Å²) >= 11 is 0. The van der Waals surface area contributed by atoms with Gasteiger partial charge in [-0.2, -0.15) is 0 Å². The average Bonchev–Trinajstić information content (AvgIpc) is 3.13. The molecule has 0 unspecified atom stereocenters. The van der Waals surface area contributed by atoms with Crippen LogP contribution in [-0.4, -0.2) is 35.9 Å². The Balaban J connectivity index is 1.82. The van der Waals surface area contributed by atoms with Crippen LogP contribution in [0.1, 0.15) is 53.6 Å². The van der Waals surface area contributed by atoms with E-state index in [4.69, 9.17) is 9.73 Å². The highest BCUT2D eigenvalue weighted by atomic mass is 28.3. The summed E-state index contributed by atoms with van der Waals surface area (Å²) in [6.07, 6.45) is 1.69. The van der Waals surface area contributed by atoms with Crippen molar-refractivity contribution in [3.63, 3.8) is 0 Å². The Bertz CT molecular complexity index is 1310. The van der Waals surface area contributed by atoms with Crippen molar-refractivity contribution >= 4 is 19.8 Å². The molecule has 5 nitrogen and oxygen atoms in total. The van der Waals surface area contributed by atoms with Gasteiger partial charge in [-0.3, -0.25) is 9.56 Å². The molecule has 0 bridgehead atoms. The van der Waals surface area contributed by atoms with Gasteiger partial charge in [0.05, 0.1) is 30.2 Å². The molecule has 174 valence electrons. The number of esters is 1. The van der Waals surface area contributed by atoms with Gasteiger partial charge in [-0.05, 0) is 23.6 Å². The molecule has 0 aliphatic carbocycles. The molecule has 0 fully saturated rings. The topological polar surface area (TPSA) is 56.5 Å². The largest absolute Gasteiger partial charge is 0.460 e. The van der Waals surface area contributed by atoms with Crippen LogP contribution in [0.4, 0.5) is 0 Å². The summed E-state index contributed by atoms with van der Waals surface area (Å²) in [5.74, 6) is 2.95. The van der Waals surface area contributed by atoms with Crippen molar-refractivity contribution in [2.24, 2.45) is 10.4 Å². The number of benzene rings is 2. The van der Waals surface area contributed by atoms with Gasteiger partial charge < -0.3 is 4.74 Å². The first kappa shape index (κ1) is 23.7. The molecule has 6 heteroatoms. The molecule has 0 N–H and O–H groups in total. The number of ether oxygens (including phenoxy) is 1. The van der Waals surface area contributed by atoms with Crippen LogP contribution in [-0.2, 0) is 11.3 Å². The van der Waals surface area contributed by atoms with E-state index < -0.39 is 14.0 Å². The predicted octanol–water partition coefficient (Wildman–Crippen LogP) is 5.66. The van der Waals surface area contributed by atoms with Crippen LogP contribution >= 0.6 is 0 Å². The van der Waals surface area contributed by atoms with Gasteiger partial charge in [0, 0.05) is 16.7 Å². The van der Waals surface area contributed by atoms with E-state index >= 15 is 0 Å². The van der Waals surface area contributed by atoms with E-state index in [0.29, 0.717) is 18.8 Å². The van der Waals surface area contributed by atoms with Crippen molar-refractivity contribution in [2.45, 2.75) is 47.0 Å². The number of carbonyl (C=O) groups excluding carboxylic acids is 1. The summed E-state index contributed by atoms with van der Waals surface area (Å²) in [6, 6.07) is 16.3. The minimum absolute atomic E-state index is 0.120. The van der Waals surface area contributed by atoms with Gasteiger partial charge in [0.2, 0.25) is 0 Å². The first-order chi connectivity index (χ1) is 16.0. The number of hydrogen-bond donors (Lipinski definition) is 0. The fraction of sp³-hybridized carbons (Fsp3) is 0.321. The molecule has 3 aromatic rings. The summed E-state index contributed by atoms with van der Waals surface area (Å²) < 4.78 is 7.52. The standard InChI is InChI=1S/C28H31N3O2Si/c1-28(2,3)18-33-27(32)26-24-17-29-25(21-10-8-7-9-11-21)22-16-20(14-15-34(4,5)6)12-13-23(22)31(24)19-30-26/h7-13,16,19H,17-18H2,1-6H3. The zero-order valence-corrected chi connectivity index (χ0v) is 21.8. The van der Waals surface area contributed by atoms with Crippen LogP contribution in [0, 0.1) is 16.9 Å². The number of nitrogens with zero attached hydrogens (tertiary/aromatic N) is 3. The van der Waals surface area contributed by atoms with Gasteiger partial charge in [0.15, 0.2) is 5.69 Å². The number of aromatic nitrogens is 2. The van der Waals surface area contributed by atoms with Crippen LogP contribution in [0.25, 0.3) is 5.69 Å². The van der Waals surface area contributed by atoms with Crippen LogP contribution in [0.2, 0.25) is 19.6 Å². The van der Waals surface area contributed by atoms with E-state index in [-0.39, 0.29) is 5.41 Å². The lowest BCUT2D eigenvalue weighted by molar-refractivity contribution is 0.0359. The highest BCUT2D eigenvalue weighted by molar-refractivity contribution is 6.83. The Morgan fingerprint density at radius 1 is 1.12 bits per heavy atom. The zero-order valence-electron chi connectivity index (χ0n) is 20.8. The third-order valence-electron chi connectivity index (χ3n) is 5.22. The highest BCUT2D eigenvalue weighted by Crippen LogP contribution is 2.28. The molecule has 1 aromatic heterocycles. The Kier molecular flexibility index (Phi) is 6.33. The van der Waals surface area contributed by atoms with Crippen molar-refractivity contribution < 1.29 is 9.53 Å². The molecule has 34 heavy (non-hydrogen) atoms. The number of fused-ring (bicyclic) bond motifs is 3. The van der Waals surface area contributed by atoms with Gasteiger partial charge in [-0.25, -0.2) is 9.78 Å². The molecule has 1 aliphatic heterocycles. The summed E-state index contributed by atoms with van der Waals surface area (Å²) in [4.78, 5) is 22.3. The molecule has 1 aliphatic rings. The Hall–Kier alpha value is -3.43. The third kappa shape index (κ3) is 5.37. The van der Waals surface area contributed by atoms with E-state index in [9.17, 15) is 4.79 Å².